The number of hydrogen-bond donors (Lipinski definition) is 0. The van der Waals surface area contributed by atoms with Gasteiger partial charge in [-0.2, -0.15) is 0 Å². The topological polar surface area (TPSA) is 25.8 Å². The first-order chi connectivity index (χ1) is 7.36. The van der Waals surface area contributed by atoms with Crippen LogP contribution in [0.5, 0.6) is 0 Å². The minimum absolute atomic E-state index is 0.831. The largest absolute Gasteiger partial charge is 0.242 e. The second-order valence-corrected chi connectivity index (χ2v) is 3.13. The molecule has 1 heterocycles. The molecule has 0 saturated carbocycles. The maximum absolute atomic E-state index is 4.37. The number of rotatable bonds is 1. The highest BCUT2D eigenvalue weighted by molar-refractivity contribution is 5.72. The van der Waals surface area contributed by atoms with Gasteiger partial charge in [0, 0.05) is 6.20 Å². The van der Waals surface area contributed by atoms with E-state index in [1.807, 2.05) is 26.8 Å². The third kappa shape index (κ3) is 3.31. The molecular formula is C13H18N2. The molecule has 1 aliphatic rings. The SMILES string of the molecule is CC.Cc1nccc(C2=CCCC=C2)n1. The second-order valence-electron chi connectivity index (χ2n) is 3.13. The van der Waals surface area contributed by atoms with E-state index in [2.05, 4.69) is 28.2 Å². The Morgan fingerprint density at radius 1 is 1.20 bits per heavy atom. The van der Waals surface area contributed by atoms with Gasteiger partial charge < -0.3 is 0 Å². The van der Waals surface area contributed by atoms with Crippen LogP contribution in [0.15, 0.2) is 30.5 Å². The van der Waals surface area contributed by atoms with Crippen molar-refractivity contribution in [1.82, 2.24) is 9.97 Å². The predicted octanol–water partition coefficient (Wildman–Crippen LogP) is 3.54. The quantitative estimate of drug-likeness (QED) is 0.696. The summed E-state index contributed by atoms with van der Waals surface area (Å²) in [7, 11) is 0. The van der Waals surface area contributed by atoms with Crippen molar-refractivity contribution >= 4 is 5.57 Å². The van der Waals surface area contributed by atoms with E-state index in [1.54, 1.807) is 6.20 Å². The summed E-state index contributed by atoms with van der Waals surface area (Å²) >= 11 is 0. The molecule has 0 aliphatic heterocycles. The molecule has 0 fully saturated rings. The van der Waals surface area contributed by atoms with Gasteiger partial charge in [0.1, 0.15) is 5.82 Å². The summed E-state index contributed by atoms with van der Waals surface area (Å²) in [5.41, 5.74) is 2.25. The van der Waals surface area contributed by atoms with Gasteiger partial charge in [-0.15, -0.1) is 0 Å². The molecule has 0 aromatic carbocycles. The lowest BCUT2D eigenvalue weighted by Gasteiger charge is -2.05. The third-order valence-corrected chi connectivity index (χ3v) is 2.07. The Kier molecular flexibility index (Phi) is 4.75. The fraction of sp³-hybridized carbons (Fsp3) is 0.385. The Balaban J connectivity index is 0.000000531. The van der Waals surface area contributed by atoms with Crippen molar-refractivity contribution in [1.29, 1.82) is 0 Å². The van der Waals surface area contributed by atoms with Crippen LogP contribution < -0.4 is 0 Å². The molecule has 1 aliphatic carbocycles. The summed E-state index contributed by atoms with van der Waals surface area (Å²) in [5.74, 6) is 0.831. The van der Waals surface area contributed by atoms with Crippen molar-refractivity contribution in [2.24, 2.45) is 0 Å². The molecule has 0 atom stereocenters. The van der Waals surface area contributed by atoms with Crippen molar-refractivity contribution in [3.8, 4) is 0 Å². The van der Waals surface area contributed by atoms with Crippen LogP contribution >= 0.6 is 0 Å². The molecule has 2 rings (SSSR count). The van der Waals surface area contributed by atoms with E-state index in [0.29, 0.717) is 0 Å². The van der Waals surface area contributed by atoms with Gasteiger partial charge >= 0.3 is 0 Å². The van der Waals surface area contributed by atoms with E-state index in [0.717, 1.165) is 24.4 Å². The van der Waals surface area contributed by atoms with Gasteiger partial charge in [-0.3, -0.25) is 0 Å². The van der Waals surface area contributed by atoms with Gasteiger partial charge in [0.25, 0.3) is 0 Å². The number of aromatic nitrogens is 2. The van der Waals surface area contributed by atoms with E-state index < -0.39 is 0 Å². The first-order valence-corrected chi connectivity index (χ1v) is 5.53. The third-order valence-electron chi connectivity index (χ3n) is 2.07. The summed E-state index contributed by atoms with van der Waals surface area (Å²) in [4.78, 5) is 8.44. The molecule has 1 aromatic rings. The Bertz CT molecular complexity index is 365. The van der Waals surface area contributed by atoms with Crippen molar-refractivity contribution in [3.05, 3.63) is 42.0 Å². The molecule has 0 spiro atoms. The average molecular weight is 202 g/mol. The molecule has 0 unspecified atom stereocenters. The standard InChI is InChI=1S/C11H12N2.C2H6/c1-9-12-8-7-11(13-9)10-5-3-2-4-6-10;1-2/h3,5-8H,2,4H2,1H3;1-2H3. The van der Waals surface area contributed by atoms with Crippen LogP contribution in [0.1, 0.15) is 38.2 Å². The Hall–Kier alpha value is -1.44. The summed E-state index contributed by atoms with van der Waals surface area (Å²) in [6, 6.07) is 1.95. The molecule has 1 aromatic heterocycles. The van der Waals surface area contributed by atoms with Crippen LogP contribution in [0.4, 0.5) is 0 Å². The fourth-order valence-corrected chi connectivity index (χ4v) is 1.42. The van der Waals surface area contributed by atoms with Gasteiger partial charge in [0.05, 0.1) is 5.69 Å². The lowest BCUT2D eigenvalue weighted by Crippen LogP contribution is -1.93. The summed E-state index contributed by atoms with van der Waals surface area (Å²) < 4.78 is 0. The minimum Gasteiger partial charge on any atom is -0.242 e. The van der Waals surface area contributed by atoms with Crippen LogP contribution in [0.3, 0.4) is 0 Å². The van der Waals surface area contributed by atoms with E-state index in [-0.39, 0.29) is 0 Å². The summed E-state index contributed by atoms with van der Waals surface area (Å²) in [6.07, 6.45) is 10.6. The summed E-state index contributed by atoms with van der Waals surface area (Å²) in [6.45, 7) is 5.91. The number of allylic oxidation sites excluding steroid dienone is 4. The Morgan fingerprint density at radius 3 is 2.60 bits per heavy atom. The molecule has 0 amide bonds. The van der Waals surface area contributed by atoms with Crippen molar-refractivity contribution < 1.29 is 0 Å². The Morgan fingerprint density at radius 2 is 2.00 bits per heavy atom. The molecular weight excluding hydrogens is 184 g/mol. The minimum atomic E-state index is 0.831. The van der Waals surface area contributed by atoms with Crippen LogP contribution in [0, 0.1) is 6.92 Å². The lowest BCUT2D eigenvalue weighted by atomic mass is 10.0. The lowest BCUT2D eigenvalue weighted by molar-refractivity contribution is 1.01. The zero-order valence-corrected chi connectivity index (χ0v) is 9.70. The molecule has 0 radical (unpaired) electrons. The number of nitrogens with zero attached hydrogens (tertiary/aromatic N) is 2. The Labute approximate surface area is 91.8 Å². The van der Waals surface area contributed by atoms with Gasteiger partial charge in [0.2, 0.25) is 0 Å². The molecule has 0 saturated heterocycles. The highest BCUT2D eigenvalue weighted by Crippen LogP contribution is 2.18. The maximum Gasteiger partial charge on any atom is 0.125 e. The molecule has 80 valence electrons. The fourth-order valence-electron chi connectivity index (χ4n) is 1.42. The van der Waals surface area contributed by atoms with Crippen LogP contribution in [0.2, 0.25) is 0 Å². The van der Waals surface area contributed by atoms with Crippen molar-refractivity contribution in [3.63, 3.8) is 0 Å². The number of hydrogen-bond acceptors (Lipinski definition) is 2. The van der Waals surface area contributed by atoms with Crippen LogP contribution in [-0.2, 0) is 0 Å². The molecule has 15 heavy (non-hydrogen) atoms. The molecule has 2 nitrogen and oxygen atoms in total. The maximum atomic E-state index is 4.37. The zero-order valence-electron chi connectivity index (χ0n) is 9.70. The normalized spacial score (nSPS) is 13.9. The molecule has 0 N–H and O–H groups in total. The van der Waals surface area contributed by atoms with Gasteiger partial charge in [-0.1, -0.05) is 32.1 Å². The van der Waals surface area contributed by atoms with Crippen molar-refractivity contribution in [2.45, 2.75) is 33.6 Å². The van der Waals surface area contributed by atoms with Gasteiger partial charge in [-0.05, 0) is 31.4 Å². The predicted molar refractivity (Wildman–Crippen MR) is 64.5 cm³/mol. The smallest absolute Gasteiger partial charge is 0.125 e. The first-order valence-electron chi connectivity index (χ1n) is 5.53. The van der Waals surface area contributed by atoms with Crippen molar-refractivity contribution in [2.75, 3.05) is 0 Å². The second kappa shape index (κ2) is 6.12. The summed E-state index contributed by atoms with van der Waals surface area (Å²) in [5, 5.41) is 0. The highest BCUT2D eigenvalue weighted by Gasteiger charge is 2.02. The highest BCUT2D eigenvalue weighted by atomic mass is 14.9. The van der Waals surface area contributed by atoms with Crippen LogP contribution in [-0.4, -0.2) is 9.97 Å². The van der Waals surface area contributed by atoms with E-state index in [1.165, 1.54) is 5.57 Å². The first kappa shape index (κ1) is 11.6. The average Bonchev–Trinajstić information content (AvgIpc) is 2.33. The molecule has 0 bridgehead atoms. The van der Waals surface area contributed by atoms with Gasteiger partial charge in [0.15, 0.2) is 0 Å². The number of aryl methyl sites for hydroxylation is 1. The van der Waals surface area contributed by atoms with E-state index in [4.69, 9.17) is 0 Å². The van der Waals surface area contributed by atoms with Crippen LogP contribution in [0.25, 0.3) is 5.57 Å². The molecule has 2 heteroatoms. The van der Waals surface area contributed by atoms with Gasteiger partial charge in [-0.25, -0.2) is 9.97 Å². The zero-order chi connectivity index (χ0) is 11.1. The van der Waals surface area contributed by atoms with E-state index >= 15 is 0 Å². The monoisotopic (exact) mass is 202 g/mol. The van der Waals surface area contributed by atoms with E-state index in [9.17, 15) is 0 Å².